The molecule has 0 radical (unpaired) electrons. The van der Waals surface area contributed by atoms with Crippen molar-refractivity contribution < 1.29 is 17.9 Å². The third kappa shape index (κ3) is 5.53. The van der Waals surface area contributed by atoms with Gasteiger partial charge in [0.15, 0.2) is 5.96 Å². The zero-order chi connectivity index (χ0) is 15.3. The van der Waals surface area contributed by atoms with E-state index in [1.807, 2.05) is 0 Å². The number of rotatable bonds is 4. The molecule has 116 valence electrons. The van der Waals surface area contributed by atoms with Crippen LogP contribution in [0.1, 0.15) is 25.7 Å². The van der Waals surface area contributed by atoms with E-state index >= 15 is 0 Å². The summed E-state index contributed by atoms with van der Waals surface area (Å²) in [5.41, 5.74) is 6.14. The van der Waals surface area contributed by atoms with Gasteiger partial charge in [0.1, 0.15) is 5.75 Å². The number of benzene rings is 1. The van der Waals surface area contributed by atoms with Gasteiger partial charge in [-0.2, -0.15) is 0 Å². The predicted molar refractivity (Wildman–Crippen MR) is 75.2 cm³/mol. The third-order valence-electron chi connectivity index (χ3n) is 3.33. The highest BCUT2D eigenvalue weighted by atomic mass is 19.4. The molecule has 1 aliphatic rings. The highest BCUT2D eigenvalue weighted by molar-refractivity contribution is 5.92. The van der Waals surface area contributed by atoms with E-state index < -0.39 is 6.36 Å². The molecule has 1 aliphatic carbocycles. The number of guanidine groups is 1. The molecule has 0 bridgehead atoms. The van der Waals surface area contributed by atoms with Gasteiger partial charge in [-0.05, 0) is 30.9 Å². The Kier molecular flexibility index (Phi) is 4.93. The fourth-order valence-corrected chi connectivity index (χ4v) is 2.38. The van der Waals surface area contributed by atoms with E-state index in [0.717, 1.165) is 12.8 Å². The van der Waals surface area contributed by atoms with Crippen molar-refractivity contribution in [3.63, 3.8) is 0 Å². The van der Waals surface area contributed by atoms with Crippen molar-refractivity contribution in [2.24, 2.45) is 16.6 Å². The molecule has 2 rings (SSSR count). The summed E-state index contributed by atoms with van der Waals surface area (Å²) in [7, 11) is 0. The first-order valence-electron chi connectivity index (χ1n) is 6.85. The summed E-state index contributed by atoms with van der Waals surface area (Å²) >= 11 is 0. The molecule has 0 unspecified atom stereocenters. The lowest BCUT2D eigenvalue weighted by molar-refractivity contribution is -0.274. The molecule has 1 aromatic rings. The quantitative estimate of drug-likeness (QED) is 0.661. The fraction of sp³-hybridized carbons (Fsp3) is 0.500. The van der Waals surface area contributed by atoms with Crippen LogP contribution in [0.5, 0.6) is 5.75 Å². The Labute approximate surface area is 121 Å². The van der Waals surface area contributed by atoms with Crippen molar-refractivity contribution in [3.8, 4) is 5.75 Å². The number of ether oxygens (including phenoxy) is 1. The molecule has 21 heavy (non-hydrogen) atoms. The number of halogens is 3. The van der Waals surface area contributed by atoms with E-state index in [2.05, 4.69) is 15.0 Å². The van der Waals surface area contributed by atoms with Crippen molar-refractivity contribution in [1.29, 1.82) is 0 Å². The zero-order valence-corrected chi connectivity index (χ0v) is 11.5. The van der Waals surface area contributed by atoms with Crippen LogP contribution >= 0.6 is 0 Å². The largest absolute Gasteiger partial charge is 0.573 e. The van der Waals surface area contributed by atoms with Crippen LogP contribution in [0.25, 0.3) is 0 Å². The lowest BCUT2D eigenvalue weighted by Gasteiger charge is -2.11. The molecule has 0 saturated heterocycles. The molecule has 7 heteroatoms. The number of nitrogens with two attached hydrogens (primary N) is 1. The van der Waals surface area contributed by atoms with Crippen molar-refractivity contribution in [2.75, 3.05) is 11.9 Å². The van der Waals surface area contributed by atoms with Gasteiger partial charge in [0.2, 0.25) is 0 Å². The summed E-state index contributed by atoms with van der Waals surface area (Å²) in [6.45, 7) is 0.650. The maximum absolute atomic E-state index is 12.1. The highest BCUT2D eigenvalue weighted by Crippen LogP contribution is 2.26. The van der Waals surface area contributed by atoms with E-state index in [4.69, 9.17) is 5.73 Å². The molecule has 3 N–H and O–H groups in total. The minimum Gasteiger partial charge on any atom is -0.406 e. The normalized spacial score (nSPS) is 17.0. The van der Waals surface area contributed by atoms with Crippen molar-refractivity contribution in [1.82, 2.24) is 0 Å². The monoisotopic (exact) mass is 301 g/mol. The Hall–Kier alpha value is -1.92. The van der Waals surface area contributed by atoms with Gasteiger partial charge in [0.25, 0.3) is 0 Å². The first-order chi connectivity index (χ1) is 9.92. The van der Waals surface area contributed by atoms with Crippen molar-refractivity contribution in [2.45, 2.75) is 32.0 Å². The summed E-state index contributed by atoms with van der Waals surface area (Å²) in [6.07, 6.45) is 0.0623. The van der Waals surface area contributed by atoms with E-state index in [9.17, 15) is 13.2 Å². The predicted octanol–water partition coefficient (Wildman–Crippen LogP) is 3.50. The smallest absolute Gasteiger partial charge is 0.406 e. The Morgan fingerprint density at radius 1 is 1.33 bits per heavy atom. The maximum atomic E-state index is 12.1. The minimum atomic E-state index is -4.71. The Morgan fingerprint density at radius 3 is 2.71 bits per heavy atom. The molecule has 0 aromatic heterocycles. The third-order valence-corrected chi connectivity index (χ3v) is 3.33. The second kappa shape index (κ2) is 6.69. The van der Waals surface area contributed by atoms with Crippen LogP contribution in [-0.4, -0.2) is 18.9 Å². The van der Waals surface area contributed by atoms with Crippen LogP contribution in [0.2, 0.25) is 0 Å². The summed E-state index contributed by atoms with van der Waals surface area (Å²) in [5.74, 6) is 0.465. The van der Waals surface area contributed by atoms with Crippen LogP contribution in [0.3, 0.4) is 0 Å². The summed E-state index contributed by atoms with van der Waals surface area (Å²) < 4.78 is 40.3. The Balaban J connectivity index is 1.92. The molecule has 4 nitrogen and oxygen atoms in total. The van der Waals surface area contributed by atoms with E-state index in [0.29, 0.717) is 18.2 Å². The van der Waals surface area contributed by atoms with E-state index in [-0.39, 0.29) is 11.7 Å². The van der Waals surface area contributed by atoms with Crippen LogP contribution < -0.4 is 15.8 Å². The van der Waals surface area contributed by atoms with E-state index in [1.165, 1.54) is 31.0 Å². The number of anilines is 1. The second-order valence-corrected chi connectivity index (χ2v) is 5.08. The molecule has 0 aliphatic heterocycles. The number of nitrogens with zero attached hydrogens (tertiary/aromatic N) is 1. The van der Waals surface area contributed by atoms with Crippen LogP contribution in [-0.2, 0) is 0 Å². The number of nitrogens with one attached hydrogen (secondary N) is 1. The number of alkyl halides is 3. The van der Waals surface area contributed by atoms with Crippen LogP contribution in [0, 0.1) is 5.92 Å². The molecular weight excluding hydrogens is 283 g/mol. The van der Waals surface area contributed by atoms with Gasteiger partial charge in [-0.1, -0.05) is 18.9 Å². The average Bonchev–Trinajstić information content (AvgIpc) is 2.87. The first kappa shape index (κ1) is 15.5. The lowest BCUT2D eigenvalue weighted by Crippen LogP contribution is -2.23. The molecule has 1 fully saturated rings. The number of hydrogen-bond acceptors (Lipinski definition) is 2. The van der Waals surface area contributed by atoms with Crippen molar-refractivity contribution in [3.05, 3.63) is 24.3 Å². The molecule has 0 atom stereocenters. The summed E-state index contributed by atoms with van der Waals surface area (Å²) in [6, 6.07) is 5.50. The molecule has 0 amide bonds. The Morgan fingerprint density at radius 2 is 2.05 bits per heavy atom. The van der Waals surface area contributed by atoms with E-state index in [1.54, 1.807) is 6.07 Å². The van der Waals surface area contributed by atoms with Gasteiger partial charge < -0.3 is 15.8 Å². The number of hydrogen-bond donors (Lipinski definition) is 2. The van der Waals surface area contributed by atoms with Crippen LogP contribution in [0.4, 0.5) is 18.9 Å². The van der Waals surface area contributed by atoms with Gasteiger partial charge >= 0.3 is 6.36 Å². The van der Waals surface area contributed by atoms with Crippen molar-refractivity contribution >= 4 is 11.6 Å². The van der Waals surface area contributed by atoms with Gasteiger partial charge in [-0.25, -0.2) is 0 Å². The van der Waals surface area contributed by atoms with Gasteiger partial charge in [-0.3, -0.25) is 4.99 Å². The Bertz CT molecular complexity index is 496. The summed E-state index contributed by atoms with van der Waals surface area (Å²) in [4.78, 5) is 4.23. The average molecular weight is 301 g/mol. The molecule has 0 spiro atoms. The number of aliphatic imine (C=N–C) groups is 1. The van der Waals surface area contributed by atoms with Crippen LogP contribution in [0.15, 0.2) is 29.3 Å². The van der Waals surface area contributed by atoms with Gasteiger partial charge in [-0.15, -0.1) is 13.2 Å². The minimum absolute atomic E-state index is 0.200. The molecule has 1 aromatic carbocycles. The molecule has 1 saturated carbocycles. The second-order valence-electron chi connectivity index (χ2n) is 5.08. The van der Waals surface area contributed by atoms with Gasteiger partial charge in [0, 0.05) is 18.3 Å². The molecular formula is C14H18F3N3O. The zero-order valence-electron chi connectivity index (χ0n) is 11.5. The summed E-state index contributed by atoms with van der Waals surface area (Å²) in [5, 5.41) is 2.77. The maximum Gasteiger partial charge on any atom is 0.573 e. The fourth-order valence-electron chi connectivity index (χ4n) is 2.38. The SMILES string of the molecule is NC(=NCC1CCCC1)Nc1cccc(OC(F)(F)F)c1. The first-order valence-corrected chi connectivity index (χ1v) is 6.85. The molecule has 0 heterocycles. The van der Waals surface area contributed by atoms with Gasteiger partial charge in [0.05, 0.1) is 0 Å². The standard InChI is InChI=1S/C14H18F3N3O/c15-14(16,17)21-12-7-3-6-11(8-12)20-13(18)19-9-10-4-1-2-5-10/h3,6-8,10H,1-2,4-5,9H2,(H3,18,19,20). The lowest BCUT2D eigenvalue weighted by atomic mass is 10.1. The topological polar surface area (TPSA) is 59.6 Å². The highest BCUT2D eigenvalue weighted by Gasteiger charge is 2.31.